The maximum Gasteiger partial charge on any atom is 0.267 e. The predicted molar refractivity (Wildman–Crippen MR) is 98.3 cm³/mol. The van der Waals surface area contributed by atoms with Crippen molar-refractivity contribution in [1.29, 1.82) is 5.26 Å². The number of anilines is 2. The van der Waals surface area contributed by atoms with Crippen LogP contribution in [0.15, 0.2) is 48.2 Å². The summed E-state index contributed by atoms with van der Waals surface area (Å²) in [5.74, 6) is -0.520. The molecule has 2 N–H and O–H groups in total. The normalized spacial score (nSPS) is 10.9. The molecule has 2 rings (SSSR count). The second-order valence-electron chi connectivity index (χ2n) is 5.19. The van der Waals surface area contributed by atoms with Crippen molar-refractivity contribution < 1.29 is 4.79 Å². The molecular formula is C18H15Cl2N3O. The molecule has 24 heavy (non-hydrogen) atoms. The molecule has 0 heterocycles. The number of nitriles is 1. The molecular weight excluding hydrogens is 345 g/mol. The Kier molecular flexibility index (Phi) is 5.86. The number of nitrogens with zero attached hydrogens (tertiary/aromatic N) is 1. The van der Waals surface area contributed by atoms with Gasteiger partial charge in [-0.15, -0.1) is 0 Å². The van der Waals surface area contributed by atoms with Gasteiger partial charge in [0.25, 0.3) is 5.91 Å². The SMILES string of the molecule is Cc1ccc(N/C=C(/C#N)C(=O)Nc2cc(Cl)ccc2C)cc1Cl. The Morgan fingerprint density at radius 3 is 2.50 bits per heavy atom. The van der Waals surface area contributed by atoms with E-state index in [4.69, 9.17) is 23.2 Å². The van der Waals surface area contributed by atoms with Gasteiger partial charge in [0.1, 0.15) is 11.6 Å². The third-order valence-corrected chi connectivity index (χ3v) is 4.01. The number of carbonyl (C=O) groups excluding carboxylic acids is 1. The van der Waals surface area contributed by atoms with E-state index in [-0.39, 0.29) is 5.57 Å². The molecule has 4 nitrogen and oxygen atoms in total. The van der Waals surface area contributed by atoms with Gasteiger partial charge in [-0.2, -0.15) is 5.26 Å². The zero-order chi connectivity index (χ0) is 17.7. The van der Waals surface area contributed by atoms with Crippen LogP contribution < -0.4 is 10.6 Å². The lowest BCUT2D eigenvalue weighted by Crippen LogP contribution is -2.15. The van der Waals surface area contributed by atoms with E-state index in [1.165, 1.54) is 6.20 Å². The molecule has 0 aliphatic carbocycles. The number of hydrogen-bond donors (Lipinski definition) is 2. The van der Waals surface area contributed by atoms with Gasteiger partial charge in [-0.25, -0.2) is 0 Å². The highest BCUT2D eigenvalue weighted by Gasteiger charge is 2.11. The lowest BCUT2D eigenvalue weighted by Gasteiger charge is -2.09. The van der Waals surface area contributed by atoms with E-state index in [0.29, 0.717) is 21.4 Å². The summed E-state index contributed by atoms with van der Waals surface area (Å²) < 4.78 is 0. The smallest absolute Gasteiger partial charge is 0.267 e. The van der Waals surface area contributed by atoms with Gasteiger partial charge in [0.15, 0.2) is 0 Å². The fraction of sp³-hybridized carbons (Fsp3) is 0.111. The Bertz CT molecular complexity index is 854. The Morgan fingerprint density at radius 2 is 1.83 bits per heavy atom. The standard InChI is InChI=1S/C18H15Cl2N3O/c1-11-4-6-15(8-16(11)20)22-10-13(9-21)18(24)23-17-7-14(19)5-3-12(17)2/h3-8,10,22H,1-2H3,(H,23,24)/b13-10-. The third-order valence-electron chi connectivity index (χ3n) is 3.37. The first-order valence-electron chi connectivity index (χ1n) is 7.11. The van der Waals surface area contributed by atoms with Gasteiger partial charge in [-0.05, 0) is 49.2 Å². The summed E-state index contributed by atoms with van der Waals surface area (Å²) in [6.07, 6.45) is 1.34. The average Bonchev–Trinajstić information content (AvgIpc) is 2.55. The van der Waals surface area contributed by atoms with E-state index in [1.54, 1.807) is 24.3 Å². The lowest BCUT2D eigenvalue weighted by atomic mass is 10.2. The molecule has 2 aromatic carbocycles. The van der Waals surface area contributed by atoms with Crippen molar-refractivity contribution in [3.63, 3.8) is 0 Å². The molecule has 0 bridgehead atoms. The molecule has 2 aromatic rings. The molecule has 0 unspecified atom stereocenters. The molecule has 0 aliphatic rings. The summed E-state index contributed by atoms with van der Waals surface area (Å²) in [4.78, 5) is 12.2. The minimum Gasteiger partial charge on any atom is -0.360 e. The second kappa shape index (κ2) is 7.87. The maximum atomic E-state index is 12.2. The van der Waals surface area contributed by atoms with Crippen LogP contribution in [0.1, 0.15) is 11.1 Å². The highest BCUT2D eigenvalue weighted by atomic mass is 35.5. The topological polar surface area (TPSA) is 64.9 Å². The van der Waals surface area contributed by atoms with Gasteiger partial charge in [-0.3, -0.25) is 4.79 Å². The summed E-state index contributed by atoms with van der Waals surface area (Å²) in [6.45, 7) is 3.73. The van der Waals surface area contributed by atoms with Crippen LogP contribution >= 0.6 is 23.2 Å². The molecule has 0 atom stereocenters. The van der Waals surface area contributed by atoms with Crippen LogP contribution in [0.5, 0.6) is 0 Å². The zero-order valence-corrected chi connectivity index (χ0v) is 14.7. The quantitative estimate of drug-likeness (QED) is 0.591. The van der Waals surface area contributed by atoms with Crippen LogP contribution in [0.25, 0.3) is 0 Å². The van der Waals surface area contributed by atoms with E-state index in [1.807, 2.05) is 32.0 Å². The molecule has 6 heteroatoms. The van der Waals surface area contributed by atoms with E-state index in [9.17, 15) is 10.1 Å². The van der Waals surface area contributed by atoms with Crippen molar-refractivity contribution in [1.82, 2.24) is 0 Å². The Morgan fingerprint density at radius 1 is 1.12 bits per heavy atom. The summed E-state index contributed by atoms with van der Waals surface area (Å²) in [5, 5.41) is 15.9. The van der Waals surface area contributed by atoms with Gasteiger partial charge in [-0.1, -0.05) is 35.3 Å². The highest BCUT2D eigenvalue weighted by molar-refractivity contribution is 6.31. The zero-order valence-electron chi connectivity index (χ0n) is 13.2. The number of benzene rings is 2. The predicted octanol–water partition coefficient (Wildman–Crippen LogP) is 5.07. The number of hydrogen-bond acceptors (Lipinski definition) is 3. The molecule has 0 radical (unpaired) electrons. The Balaban J connectivity index is 2.15. The van der Waals surface area contributed by atoms with Crippen molar-refractivity contribution >= 4 is 40.5 Å². The van der Waals surface area contributed by atoms with Gasteiger partial charge >= 0.3 is 0 Å². The largest absolute Gasteiger partial charge is 0.360 e. The minimum atomic E-state index is -0.520. The molecule has 0 saturated carbocycles. The van der Waals surface area contributed by atoms with Crippen LogP contribution in [0.4, 0.5) is 11.4 Å². The van der Waals surface area contributed by atoms with Crippen molar-refractivity contribution in [2.24, 2.45) is 0 Å². The monoisotopic (exact) mass is 359 g/mol. The molecule has 0 fully saturated rings. The maximum absolute atomic E-state index is 12.2. The van der Waals surface area contributed by atoms with Gasteiger partial charge in [0.2, 0.25) is 0 Å². The average molecular weight is 360 g/mol. The van der Waals surface area contributed by atoms with Crippen molar-refractivity contribution in [2.75, 3.05) is 10.6 Å². The second-order valence-corrected chi connectivity index (χ2v) is 6.04. The Hall–Kier alpha value is -2.48. The summed E-state index contributed by atoms with van der Waals surface area (Å²) in [6, 6.07) is 12.4. The van der Waals surface area contributed by atoms with E-state index in [0.717, 1.165) is 11.1 Å². The molecule has 122 valence electrons. The van der Waals surface area contributed by atoms with E-state index < -0.39 is 5.91 Å². The molecule has 0 aromatic heterocycles. The number of rotatable bonds is 4. The number of carbonyl (C=O) groups is 1. The highest BCUT2D eigenvalue weighted by Crippen LogP contribution is 2.22. The summed E-state index contributed by atoms with van der Waals surface area (Å²) in [7, 11) is 0. The lowest BCUT2D eigenvalue weighted by molar-refractivity contribution is -0.112. The Labute approximate surface area is 150 Å². The third kappa shape index (κ3) is 4.51. The van der Waals surface area contributed by atoms with Crippen LogP contribution in [0.2, 0.25) is 10.0 Å². The summed E-state index contributed by atoms with van der Waals surface area (Å²) in [5.41, 5.74) is 2.98. The van der Waals surface area contributed by atoms with Gasteiger partial charge in [0.05, 0.1) is 0 Å². The van der Waals surface area contributed by atoms with Crippen LogP contribution in [-0.2, 0) is 4.79 Å². The first kappa shape index (κ1) is 17.9. The van der Waals surface area contributed by atoms with Crippen molar-refractivity contribution in [3.05, 3.63) is 69.3 Å². The van der Waals surface area contributed by atoms with Crippen molar-refractivity contribution in [3.8, 4) is 6.07 Å². The minimum absolute atomic E-state index is 0.0638. The fourth-order valence-corrected chi connectivity index (χ4v) is 2.26. The summed E-state index contributed by atoms with van der Waals surface area (Å²) >= 11 is 12.0. The fourth-order valence-electron chi connectivity index (χ4n) is 1.91. The van der Waals surface area contributed by atoms with E-state index in [2.05, 4.69) is 10.6 Å². The van der Waals surface area contributed by atoms with Gasteiger partial charge in [0, 0.05) is 27.6 Å². The first-order chi connectivity index (χ1) is 11.4. The van der Waals surface area contributed by atoms with Crippen LogP contribution in [0, 0.1) is 25.2 Å². The number of nitrogens with one attached hydrogen (secondary N) is 2. The van der Waals surface area contributed by atoms with Crippen molar-refractivity contribution in [2.45, 2.75) is 13.8 Å². The van der Waals surface area contributed by atoms with Crippen LogP contribution in [0.3, 0.4) is 0 Å². The molecule has 0 aliphatic heterocycles. The van der Waals surface area contributed by atoms with Gasteiger partial charge < -0.3 is 10.6 Å². The number of aryl methyl sites for hydroxylation is 2. The number of halogens is 2. The molecule has 0 spiro atoms. The van der Waals surface area contributed by atoms with Crippen LogP contribution in [-0.4, -0.2) is 5.91 Å². The number of amides is 1. The molecule has 1 amide bonds. The molecule has 0 saturated heterocycles. The van der Waals surface area contributed by atoms with E-state index >= 15 is 0 Å². The first-order valence-corrected chi connectivity index (χ1v) is 7.87.